The highest BCUT2D eigenvalue weighted by Gasteiger charge is 2.24. The molecule has 0 N–H and O–H groups in total. The molecule has 11 heteroatoms. The number of morpholine rings is 1. The van der Waals surface area contributed by atoms with Crippen LogP contribution < -0.4 is 4.90 Å². The number of carbonyl (C=O) groups is 1. The number of anilines is 1. The first kappa shape index (κ1) is 27.9. The molecular formula is C24H30ClN3O4S3. The molecule has 0 aliphatic carbocycles. The van der Waals surface area contributed by atoms with Gasteiger partial charge in [0.1, 0.15) is 0 Å². The number of halogens is 1. The lowest BCUT2D eigenvalue weighted by molar-refractivity contribution is 0.0391. The molecular weight excluding hydrogens is 526 g/mol. The van der Waals surface area contributed by atoms with Gasteiger partial charge in [-0.15, -0.1) is 24.2 Å². The van der Waals surface area contributed by atoms with Gasteiger partial charge in [-0.25, -0.2) is 13.4 Å². The lowest BCUT2D eigenvalue weighted by atomic mass is 10.2. The van der Waals surface area contributed by atoms with Crippen molar-refractivity contribution in [3.05, 3.63) is 48.0 Å². The summed E-state index contributed by atoms with van der Waals surface area (Å²) in [5.74, 6) is -0.109. The van der Waals surface area contributed by atoms with Gasteiger partial charge in [0.05, 0.1) is 28.3 Å². The van der Waals surface area contributed by atoms with E-state index in [0.29, 0.717) is 47.8 Å². The van der Waals surface area contributed by atoms with E-state index in [-0.39, 0.29) is 23.2 Å². The van der Waals surface area contributed by atoms with Crippen molar-refractivity contribution in [2.75, 3.05) is 50.5 Å². The summed E-state index contributed by atoms with van der Waals surface area (Å²) in [6.07, 6.45) is 1.19. The molecule has 2 heterocycles. The van der Waals surface area contributed by atoms with Crippen molar-refractivity contribution in [1.29, 1.82) is 0 Å². The van der Waals surface area contributed by atoms with Crippen molar-refractivity contribution in [2.24, 2.45) is 0 Å². The maximum Gasteiger partial charge on any atom is 0.260 e. The summed E-state index contributed by atoms with van der Waals surface area (Å²) in [6, 6.07) is 12.6. The average molecular weight is 556 g/mol. The van der Waals surface area contributed by atoms with Crippen molar-refractivity contribution < 1.29 is 17.9 Å². The van der Waals surface area contributed by atoms with Gasteiger partial charge in [0.15, 0.2) is 15.0 Å². The van der Waals surface area contributed by atoms with E-state index in [0.717, 1.165) is 22.7 Å². The Labute approximate surface area is 221 Å². The van der Waals surface area contributed by atoms with Gasteiger partial charge in [0.2, 0.25) is 0 Å². The minimum absolute atomic E-state index is 0. The first-order valence-corrected chi connectivity index (χ1v) is 14.8. The molecule has 1 amide bonds. The summed E-state index contributed by atoms with van der Waals surface area (Å²) < 4.78 is 30.2. The van der Waals surface area contributed by atoms with E-state index in [1.165, 1.54) is 17.6 Å². The number of benzene rings is 2. The van der Waals surface area contributed by atoms with Gasteiger partial charge >= 0.3 is 0 Å². The minimum Gasteiger partial charge on any atom is -0.379 e. The standard InChI is InChI=1S/C24H29N3O4S3.ClH/c1-17(2)32-19-6-4-5-18(15-19)23(28)27(10-9-26-11-13-31-14-12-26)24-25-21-8-7-20(34(3,29)30)16-22(21)33-24;/h4-8,15-17H,9-14H2,1-3H3;1H. The smallest absolute Gasteiger partial charge is 0.260 e. The Morgan fingerprint density at radius 3 is 2.63 bits per heavy atom. The van der Waals surface area contributed by atoms with E-state index in [4.69, 9.17) is 9.72 Å². The fourth-order valence-corrected chi connectivity index (χ4v) is 6.37. The van der Waals surface area contributed by atoms with Crippen LogP contribution in [0.1, 0.15) is 24.2 Å². The van der Waals surface area contributed by atoms with Gasteiger partial charge in [0.25, 0.3) is 5.91 Å². The molecule has 0 radical (unpaired) electrons. The van der Waals surface area contributed by atoms with Crippen LogP contribution in [-0.4, -0.2) is 75.1 Å². The molecule has 4 rings (SSSR count). The summed E-state index contributed by atoms with van der Waals surface area (Å²) >= 11 is 3.06. The number of hydrogen-bond donors (Lipinski definition) is 0. The number of hydrogen-bond acceptors (Lipinski definition) is 8. The summed E-state index contributed by atoms with van der Waals surface area (Å²) in [4.78, 5) is 23.7. The zero-order valence-corrected chi connectivity index (χ0v) is 23.2. The molecule has 0 unspecified atom stereocenters. The number of thioether (sulfide) groups is 1. The molecule has 0 atom stereocenters. The number of sulfone groups is 1. The van der Waals surface area contributed by atoms with Gasteiger partial charge in [-0.1, -0.05) is 31.3 Å². The van der Waals surface area contributed by atoms with E-state index in [1.54, 1.807) is 34.9 Å². The Morgan fingerprint density at radius 1 is 1.20 bits per heavy atom. The first-order chi connectivity index (χ1) is 16.2. The number of thiazole rings is 1. The lowest BCUT2D eigenvalue weighted by Gasteiger charge is -2.29. The van der Waals surface area contributed by atoms with Crippen LogP contribution in [-0.2, 0) is 14.6 Å². The molecule has 190 valence electrons. The number of nitrogens with zero attached hydrogens (tertiary/aromatic N) is 3. The van der Waals surface area contributed by atoms with Crippen molar-refractivity contribution in [3.8, 4) is 0 Å². The van der Waals surface area contributed by atoms with Gasteiger partial charge in [0, 0.05) is 48.1 Å². The number of carbonyl (C=O) groups excluding carboxylic acids is 1. The second kappa shape index (κ2) is 12.0. The molecule has 35 heavy (non-hydrogen) atoms. The molecule has 0 spiro atoms. The Morgan fingerprint density at radius 2 is 1.94 bits per heavy atom. The van der Waals surface area contributed by atoms with Crippen LogP contribution in [0.3, 0.4) is 0 Å². The van der Waals surface area contributed by atoms with Crippen LogP contribution in [0.15, 0.2) is 52.3 Å². The monoisotopic (exact) mass is 555 g/mol. The Balaban J connectivity index is 0.00000342. The van der Waals surface area contributed by atoms with Crippen molar-refractivity contribution in [3.63, 3.8) is 0 Å². The first-order valence-electron chi connectivity index (χ1n) is 11.2. The van der Waals surface area contributed by atoms with Crippen LogP contribution in [0.4, 0.5) is 5.13 Å². The second-order valence-electron chi connectivity index (χ2n) is 8.50. The fraction of sp³-hybridized carbons (Fsp3) is 0.417. The lowest BCUT2D eigenvalue weighted by Crippen LogP contribution is -2.43. The van der Waals surface area contributed by atoms with E-state index in [1.807, 2.05) is 24.3 Å². The fourth-order valence-electron chi connectivity index (χ4n) is 3.72. The zero-order chi connectivity index (χ0) is 24.3. The molecule has 0 bridgehead atoms. The predicted molar refractivity (Wildman–Crippen MR) is 146 cm³/mol. The molecule has 1 saturated heterocycles. The molecule has 7 nitrogen and oxygen atoms in total. The van der Waals surface area contributed by atoms with Crippen molar-refractivity contribution in [2.45, 2.75) is 28.9 Å². The third-order valence-corrected chi connectivity index (χ3v) is 8.60. The Hall–Kier alpha value is -1.69. The highest BCUT2D eigenvalue weighted by Crippen LogP contribution is 2.32. The number of aromatic nitrogens is 1. The third kappa shape index (κ3) is 7.18. The minimum atomic E-state index is -3.33. The van der Waals surface area contributed by atoms with Crippen LogP contribution in [0.5, 0.6) is 0 Å². The summed E-state index contributed by atoms with van der Waals surface area (Å²) in [7, 11) is -3.33. The Kier molecular flexibility index (Phi) is 9.59. The van der Waals surface area contributed by atoms with Gasteiger partial charge < -0.3 is 4.74 Å². The number of rotatable bonds is 8. The highest BCUT2D eigenvalue weighted by molar-refractivity contribution is 7.99. The van der Waals surface area contributed by atoms with Crippen molar-refractivity contribution >= 4 is 66.6 Å². The number of ether oxygens (including phenoxy) is 1. The zero-order valence-electron chi connectivity index (χ0n) is 20.0. The summed E-state index contributed by atoms with van der Waals surface area (Å²) in [6.45, 7) is 8.49. The topological polar surface area (TPSA) is 79.8 Å². The summed E-state index contributed by atoms with van der Waals surface area (Å²) in [5.41, 5.74) is 1.30. The second-order valence-corrected chi connectivity index (χ2v) is 13.2. The van der Waals surface area contributed by atoms with E-state index in [2.05, 4.69) is 18.7 Å². The number of fused-ring (bicyclic) bond motifs is 1. The van der Waals surface area contributed by atoms with E-state index < -0.39 is 9.84 Å². The van der Waals surface area contributed by atoms with Crippen molar-refractivity contribution in [1.82, 2.24) is 9.88 Å². The molecule has 1 aromatic heterocycles. The quantitative estimate of drug-likeness (QED) is 0.376. The van der Waals surface area contributed by atoms with E-state index in [9.17, 15) is 13.2 Å². The average Bonchev–Trinajstić information content (AvgIpc) is 3.22. The third-order valence-electron chi connectivity index (χ3n) is 5.45. The van der Waals surface area contributed by atoms with Gasteiger partial charge in [-0.3, -0.25) is 14.6 Å². The summed E-state index contributed by atoms with van der Waals surface area (Å²) in [5, 5.41) is 0.983. The number of amides is 1. The molecule has 1 aliphatic heterocycles. The molecule has 1 aliphatic rings. The maximum absolute atomic E-state index is 13.7. The van der Waals surface area contributed by atoms with Crippen LogP contribution in [0.25, 0.3) is 10.2 Å². The molecule has 1 fully saturated rings. The predicted octanol–water partition coefficient (Wildman–Crippen LogP) is 4.60. The van der Waals surface area contributed by atoms with Crippen LogP contribution in [0.2, 0.25) is 0 Å². The van der Waals surface area contributed by atoms with Crippen LogP contribution >= 0.6 is 35.5 Å². The van der Waals surface area contributed by atoms with Gasteiger partial charge in [-0.2, -0.15) is 0 Å². The largest absolute Gasteiger partial charge is 0.379 e. The highest BCUT2D eigenvalue weighted by atomic mass is 35.5. The van der Waals surface area contributed by atoms with E-state index >= 15 is 0 Å². The molecule has 0 saturated carbocycles. The van der Waals surface area contributed by atoms with Crippen LogP contribution in [0, 0.1) is 0 Å². The van der Waals surface area contributed by atoms with Gasteiger partial charge in [-0.05, 0) is 36.4 Å². The Bertz CT molecular complexity index is 1270. The SMILES string of the molecule is CC(C)Sc1cccc(C(=O)N(CCN2CCOCC2)c2nc3ccc(S(C)(=O)=O)cc3s2)c1.Cl. The maximum atomic E-state index is 13.7. The molecule has 3 aromatic rings. The molecule has 2 aromatic carbocycles. The normalized spacial score (nSPS) is 14.7.